The molecule has 1 aliphatic heterocycles. The number of hydrogen-bond donors (Lipinski definition) is 0. The summed E-state index contributed by atoms with van der Waals surface area (Å²) >= 11 is 0. The smallest absolute Gasteiger partial charge is 0.489 e. The van der Waals surface area contributed by atoms with Gasteiger partial charge in [0.25, 0.3) is 0 Å². The van der Waals surface area contributed by atoms with Crippen LogP contribution in [0.25, 0.3) is 0 Å². The third kappa shape index (κ3) is 4.30. The molecular formula is C20H22BF3O3. The molecule has 0 bridgehead atoms. The average molecular weight is 378 g/mol. The molecule has 2 aromatic carbocycles. The van der Waals surface area contributed by atoms with E-state index in [0.717, 1.165) is 17.6 Å². The topological polar surface area (TPSA) is 27.7 Å². The summed E-state index contributed by atoms with van der Waals surface area (Å²) in [6.45, 7) is 8.17. The Morgan fingerprint density at radius 2 is 1.37 bits per heavy atom. The van der Waals surface area contributed by atoms with Gasteiger partial charge in [0, 0.05) is 0 Å². The molecular weight excluding hydrogens is 356 g/mol. The molecule has 1 fully saturated rings. The molecule has 144 valence electrons. The van der Waals surface area contributed by atoms with Gasteiger partial charge in [0.05, 0.1) is 16.8 Å². The second kappa shape index (κ2) is 6.87. The maximum atomic E-state index is 12.6. The zero-order chi connectivity index (χ0) is 19.9. The second-order valence-corrected chi connectivity index (χ2v) is 7.64. The third-order valence-electron chi connectivity index (χ3n) is 5.09. The van der Waals surface area contributed by atoms with Gasteiger partial charge in [-0.3, -0.25) is 0 Å². The minimum atomic E-state index is -4.33. The molecule has 0 aromatic heterocycles. The quantitative estimate of drug-likeness (QED) is 0.729. The number of halogens is 3. The van der Waals surface area contributed by atoms with Crippen molar-refractivity contribution in [2.24, 2.45) is 0 Å². The summed E-state index contributed by atoms with van der Waals surface area (Å²) in [5.74, 6) is 0.621. The zero-order valence-corrected chi connectivity index (χ0v) is 15.8. The van der Waals surface area contributed by atoms with Gasteiger partial charge in [-0.2, -0.15) is 13.2 Å². The Hall–Kier alpha value is -1.99. The van der Waals surface area contributed by atoms with Gasteiger partial charge in [-0.25, -0.2) is 0 Å². The summed E-state index contributed by atoms with van der Waals surface area (Å²) in [5, 5.41) is 0. The fourth-order valence-electron chi connectivity index (χ4n) is 2.66. The number of ether oxygens (including phenoxy) is 1. The van der Waals surface area contributed by atoms with Gasteiger partial charge in [-0.1, -0.05) is 24.3 Å². The van der Waals surface area contributed by atoms with Crippen molar-refractivity contribution in [1.82, 2.24) is 0 Å². The molecule has 1 heterocycles. The molecule has 0 amide bonds. The monoisotopic (exact) mass is 378 g/mol. The number of hydrogen-bond acceptors (Lipinski definition) is 3. The van der Waals surface area contributed by atoms with E-state index in [9.17, 15) is 13.2 Å². The van der Waals surface area contributed by atoms with Crippen molar-refractivity contribution < 1.29 is 27.2 Å². The maximum Gasteiger partial charge on any atom is 0.494 e. The molecule has 0 atom stereocenters. The van der Waals surface area contributed by atoms with E-state index in [0.29, 0.717) is 11.3 Å². The molecule has 0 spiro atoms. The molecule has 0 N–H and O–H groups in total. The van der Waals surface area contributed by atoms with E-state index in [2.05, 4.69) is 0 Å². The lowest BCUT2D eigenvalue weighted by Gasteiger charge is -2.32. The van der Waals surface area contributed by atoms with Crippen LogP contribution >= 0.6 is 0 Å². The summed E-state index contributed by atoms with van der Waals surface area (Å²) in [7, 11) is -0.445. The van der Waals surface area contributed by atoms with Crippen molar-refractivity contribution in [1.29, 1.82) is 0 Å². The molecule has 2 aromatic rings. The molecule has 3 nitrogen and oxygen atoms in total. The molecule has 7 heteroatoms. The molecule has 0 saturated carbocycles. The lowest BCUT2D eigenvalue weighted by molar-refractivity contribution is -0.137. The highest BCUT2D eigenvalue weighted by atomic mass is 19.4. The van der Waals surface area contributed by atoms with Crippen molar-refractivity contribution in [3.05, 3.63) is 59.7 Å². The summed E-state index contributed by atoms with van der Waals surface area (Å²) in [4.78, 5) is 0. The lowest BCUT2D eigenvalue weighted by Crippen LogP contribution is -2.41. The van der Waals surface area contributed by atoms with Gasteiger partial charge < -0.3 is 14.0 Å². The van der Waals surface area contributed by atoms with Crippen molar-refractivity contribution >= 4 is 12.6 Å². The fraction of sp³-hybridized carbons (Fsp3) is 0.400. The van der Waals surface area contributed by atoms with Crippen LogP contribution in [0.2, 0.25) is 0 Å². The lowest BCUT2D eigenvalue weighted by atomic mass is 9.79. The van der Waals surface area contributed by atoms with Gasteiger partial charge >= 0.3 is 13.3 Å². The van der Waals surface area contributed by atoms with Crippen LogP contribution in [0.3, 0.4) is 0 Å². The highest BCUT2D eigenvalue weighted by Crippen LogP contribution is 2.36. The normalized spacial score (nSPS) is 18.6. The number of rotatable bonds is 4. The van der Waals surface area contributed by atoms with Gasteiger partial charge in [0.2, 0.25) is 0 Å². The Kier molecular flexibility index (Phi) is 5.03. The van der Waals surface area contributed by atoms with Gasteiger partial charge in [-0.05, 0) is 63.0 Å². The van der Waals surface area contributed by atoms with Crippen LogP contribution in [-0.4, -0.2) is 18.3 Å². The molecule has 3 rings (SSSR count). The molecule has 1 saturated heterocycles. The Morgan fingerprint density at radius 3 is 1.85 bits per heavy atom. The SMILES string of the molecule is CC1(C)OB(c2ccc(OCc3ccc(C(F)(F)F)cc3)cc2)OC1(C)C. The Bertz CT molecular complexity index is 768. The predicted octanol–water partition coefficient (Wildman–Crippen LogP) is 4.58. The first-order valence-electron chi connectivity index (χ1n) is 8.72. The average Bonchev–Trinajstić information content (AvgIpc) is 2.81. The van der Waals surface area contributed by atoms with E-state index in [-0.39, 0.29) is 6.61 Å². The first-order valence-corrected chi connectivity index (χ1v) is 8.72. The van der Waals surface area contributed by atoms with Crippen molar-refractivity contribution in [3.8, 4) is 5.75 Å². The van der Waals surface area contributed by atoms with Crippen LogP contribution in [0.4, 0.5) is 13.2 Å². The minimum absolute atomic E-state index is 0.188. The summed E-state index contributed by atoms with van der Waals surface area (Å²) < 4.78 is 55.4. The van der Waals surface area contributed by atoms with Crippen LogP contribution in [-0.2, 0) is 22.1 Å². The minimum Gasteiger partial charge on any atom is -0.489 e. The molecule has 1 aliphatic rings. The Balaban J connectivity index is 1.60. The van der Waals surface area contributed by atoms with Crippen LogP contribution in [0.1, 0.15) is 38.8 Å². The van der Waals surface area contributed by atoms with E-state index < -0.39 is 30.1 Å². The third-order valence-corrected chi connectivity index (χ3v) is 5.09. The highest BCUT2D eigenvalue weighted by molar-refractivity contribution is 6.62. The van der Waals surface area contributed by atoms with Crippen molar-refractivity contribution in [2.45, 2.75) is 51.7 Å². The summed E-state index contributed by atoms with van der Waals surface area (Å²) in [6, 6.07) is 12.3. The summed E-state index contributed by atoms with van der Waals surface area (Å²) in [5.41, 5.74) is 0.0664. The Labute approximate surface area is 157 Å². The van der Waals surface area contributed by atoms with Crippen LogP contribution < -0.4 is 10.2 Å². The number of alkyl halides is 3. The largest absolute Gasteiger partial charge is 0.494 e. The van der Waals surface area contributed by atoms with Crippen LogP contribution in [0.5, 0.6) is 5.75 Å². The van der Waals surface area contributed by atoms with E-state index in [1.165, 1.54) is 12.1 Å². The predicted molar refractivity (Wildman–Crippen MR) is 97.9 cm³/mol. The van der Waals surface area contributed by atoms with E-state index in [1.807, 2.05) is 39.8 Å². The molecule has 27 heavy (non-hydrogen) atoms. The number of benzene rings is 2. The molecule has 0 aliphatic carbocycles. The Morgan fingerprint density at radius 1 is 0.852 bits per heavy atom. The van der Waals surface area contributed by atoms with Gasteiger partial charge in [0.15, 0.2) is 0 Å². The maximum absolute atomic E-state index is 12.6. The second-order valence-electron chi connectivity index (χ2n) is 7.64. The van der Waals surface area contributed by atoms with E-state index >= 15 is 0 Å². The highest BCUT2D eigenvalue weighted by Gasteiger charge is 2.51. The van der Waals surface area contributed by atoms with Gasteiger partial charge in [0.1, 0.15) is 12.4 Å². The van der Waals surface area contributed by atoms with Crippen molar-refractivity contribution in [3.63, 3.8) is 0 Å². The standard InChI is InChI=1S/C20H22BF3O3/c1-18(2)19(3,4)27-21(26-18)16-9-11-17(12-10-16)25-13-14-5-7-15(8-6-14)20(22,23)24/h5-12H,13H2,1-4H3. The molecule has 0 radical (unpaired) electrons. The van der Waals surface area contributed by atoms with Gasteiger partial charge in [-0.15, -0.1) is 0 Å². The van der Waals surface area contributed by atoms with Crippen LogP contribution in [0, 0.1) is 0 Å². The van der Waals surface area contributed by atoms with Crippen molar-refractivity contribution in [2.75, 3.05) is 0 Å². The van der Waals surface area contributed by atoms with E-state index in [4.69, 9.17) is 14.0 Å². The fourth-order valence-corrected chi connectivity index (χ4v) is 2.66. The first-order chi connectivity index (χ1) is 12.5. The zero-order valence-electron chi connectivity index (χ0n) is 15.8. The van der Waals surface area contributed by atoms with Crippen LogP contribution in [0.15, 0.2) is 48.5 Å². The molecule has 0 unspecified atom stereocenters. The summed E-state index contributed by atoms with van der Waals surface area (Å²) in [6.07, 6.45) is -4.33. The van der Waals surface area contributed by atoms with E-state index in [1.54, 1.807) is 12.1 Å². The first kappa shape index (κ1) is 19.8.